The van der Waals surface area contributed by atoms with Gasteiger partial charge in [-0.25, -0.2) is 0 Å². The first kappa shape index (κ1) is 16.5. The molecule has 0 aromatic heterocycles. The van der Waals surface area contributed by atoms with Gasteiger partial charge in [-0.05, 0) is 59.9 Å². The molecule has 6 heteroatoms. The van der Waals surface area contributed by atoms with Gasteiger partial charge in [0.25, 0.3) is 0 Å². The Labute approximate surface area is 144 Å². The monoisotopic (exact) mass is 379 g/mol. The van der Waals surface area contributed by atoms with E-state index in [4.69, 9.17) is 0 Å². The molecule has 3 rings (SSSR count). The number of carbonyl (C=O) groups is 2. The number of nitrogens with zero attached hydrogens (tertiary/aromatic N) is 1. The van der Waals surface area contributed by atoms with Gasteiger partial charge in [0.2, 0.25) is 11.8 Å². The minimum atomic E-state index is -0.253. The van der Waals surface area contributed by atoms with Crippen molar-refractivity contribution >= 4 is 33.4 Å². The van der Waals surface area contributed by atoms with Crippen molar-refractivity contribution in [2.75, 3.05) is 31.1 Å². The van der Waals surface area contributed by atoms with Gasteiger partial charge in [-0.1, -0.05) is 12.1 Å². The summed E-state index contributed by atoms with van der Waals surface area (Å²) in [5.41, 5.74) is 0.838. The van der Waals surface area contributed by atoms with Crippen molar-refractivity contribution < 1.29 is 9.59 Å². The number of nitrogens with one attached hydrogen (secondary N) is 2. The molecule has 0 saturated carbocycles. The van der Waals surface area contributed by atoms with E-state index in [1.165, 1.54) is 6.42 Å². The maximum atomic E-state index is 12.3. The largest absolute Gasteiger partial charge is 0.356 e. The molecule has 1 aromatic carbocycles. The predicted octanol–water partition coefficient (Wildman–Crippen LogP) is 1.92. The molecule has 2 aliphatic heterocycles. The van der Waals surface area contributed by atoms with E-state index in [1.807, 2.05) is 24.3 Å². The second-order valence-corrected chi connectivity index (χ2v) is 7.15. The molecule has 0 spiro atoms. The fraction of sp³-hybridized carbons (Fsp3) is 0.529. The van der Waals surface area contributed by atoms with Gasteiger partial charge in [-0.15, -0.1) is 0 Å². The van der Waals surface area contributed by atoms with Crippen molar-refractivity contribution in [3.63, 3.8) is 0 Å². The standard InChI is InChI=1S/C17H22BrN3O2/c18-14-3-1-2-4-15(14)21-11-13(9-16(21)22)17(23)20-8-6-12-5-7-19-10-12/h1-4,12-13,19H,5-11H2,(H,20,23). The molecule has 2 fully saturated rings. The van der Waals surface area contributed by atoms with Crippen LogP contribution in [0.1, 0.15) is 19.3 Å². The fourth-order valence-electron chi connectivity index (χ4n) is 3.29. The lowest BCUT2D eigenvalue weighted by atomic mass is 10.0. The highest BCUT2D eigenvalue weighted by Crippen LogP contribution is 2.31. The van der Waals surface area contributed by atoms with Crippen molar-refractivity contribution in [1.82, 2.24) is 10.6 Å². The molecule has 124 valence electrons. The summed E-state index contributed by atoms with van der Waals surface area (Å²) in [6, 6.07) is 7.62. The van der Waals surface area contributed by atoms with Gasteiger partial charge in [0, 0.05) is 24.0 Å². The van der Waals surface area contributed by atoms with Crippen LogP contribution in [0.3, 0.4) is 0 Å². The molecule has 1 aromatic rings. The maximum absolute atomic E-state index is 12.3. The molecule has 2 atom stereocenters. The van der Waals surface area contributed by atoms with Gasteiger partial charge in [-0.2, -0.15) is 0 Å². The zero-order valence-electron chi connectivity index (χ0n) is 13.1. The summed E-state index contributed by atoms with van der Waals surface area (Å²) in [4.78, 5) is 26.3. The Bertz CT molecular complexity index is 587. The molecule has 23 heavy (non-hydrogen) atoms. The lowest BCUT2D eigenvalue weighted by Crippen LogP contribution is -2.34. The first-order chi connectivity index (χ1) is 11.1. The molecule has 0 bridgehead atoms. The summed E-state index contributed by atoms with van der Waals surface area (Å²) in [5.74, 6) is 0.421. The molecular formula is C17H22BrN3O2. The van der Waals surface area contributed by atoms with Crippen molar-refractivity contribution in [1.29, 1.82) is 0 Å². The molecule has 2 heterocycles. The summed E-state index contributed by atoms with van der Waals surface area (Å²) >= 11 is 3.47. The average Bonchev–Trinajstić information content (AvgIpc) is 3.17. The summed E-state index contributed by atoms with van der Waals surface area (Å²) in [6.07, 6.45) is 2.49. The predicted molar refractivity (Wildman–Crippen MR) is 93.2 cm³/mol. The smallest absolute Gasteiger partial charge is 0.227 e. The second-order valence-electron chi connectivity index (χ2n) is 6.30. The Morgan fingerprint density at radius 2 is 2.22 bits per heavy atom. The summed E-state index contributed by atoms with van der Waals surface area (Å²) in [6.45, 7) is 3.29. The number of para-hydroxylation sites is 1. The van der Waals surface area contributed by atoms with Crippen LogP contribution in [0.4, 0.5) is 5.69 Å². The van der Waals surface area contributed by atoms with Gasteiger partial charge in [-0.3, -0.25) is 9.59 Å². The summed E-state index contributed by atoms with van der Waals surface area (Å²) in [7, 11) is 0. The first-order valence-corrected chi connectivity index (χ1v) is 8.98. The molecule has 2 amide bonds. The van der Waals surface area contributed by atoms with Crippen LogP contribution < -0.4 is 15.5 Å². The molecule has 5 nitrogen and oxygen atoms in total. The van der Waals surface area contributed by atoms with Gasteiger partial charge < -0.3 is 15.5 Å². The number of hydrogen-bond acceptors (Lipinski definition) is 3. The van der Waals surface area contributed by atoms with Crippen LogP contribution in [0.15, 0.2) is 28.7 Å². The van der Waals surface area contributed by atoms with Crippen LogP contribution in [0.25, 0.3) is 0 Å². The summed E-state index contributed by atoms with van der Waals surface area (Å²) < 4.78 is 0.878. The van der Waals surface area contributed by atoms with Crippen LogP contribution in [0.2, 0.25) is 0 Å². The van der Waals surface area contributed by atoms with Gasteiger partial charge in [0.05, 0.1) is 11.6 Å². The quantitative estimate of drug-likeness (QED) is 0.821. The Morgan fingerprint density at radius 1 is 1.39 bits per heavy atom. The van der Waals surface area contributed by atoms with E-state index in [0.717, 1.165) is 29.7 Å². The average molecular weight is 380 g/mol. The molecule has 0 radical (unpaired) electrons. The van der Waals surface area contributed by atoms with E-state index < -0.39 is 0 Å². The first-order valence-electron chi connectivity index (χ1n) is 8.18. The highest BCUT2D eigenvalue weighted by Gasteiger charge is 2.35. The van der Waals surface area contributed by atoms with Gasteiger partial charge in [0.15, 0.2) is 0 Å². The fourth-order valence-corrected chi connectivity index (χ4v) is 3.79. The zero-order chi connectivity index (χ0) is 16.2. The molecule has 2 aliphatic rings. The van der Waals surface area contributed by atoms with E-state index in [-0.39, 0.29) is 24.2 Å². The number of benzene rings is 1. The van der Waals surface area contributed by atoms with Crippen LogP contribution >= 0.6 is 15.9 Å². The van der Waals surface area contributed by atoms with Crippen LogP contribution in [0.5, 0.6) is 0 Å². The molecule has 2 unspecified atom stereocenters. The van der Waals surface area contributed by atoms with Gasteiger partial charge in [0.1, 0.15) is 0 Å². The van der Waals surface area contributed by atoms with Crippen molar-refractivity contribution in [3.8, 4) is 0 Å². The number of carbonyl (C=O) groups excluding carboxylic acids is 2. The molecule has 0 aliphatic carbocycles. The Balaban J connectivity index is 1.52. The number of amides is 2. The minimum absolute atomic E-state index is 0.00106. The molecule has 2 N–H and O–H groups in total. The van der Waals surface area contributed by atoms with Crippen molar-refractivity contribution in [3.05, 3.63) is 28.7 Å². The lowest BCUT2D eigenvalue weighted by Gasteiger charge is -2.18. The normalized spacial score (nSPS) is 24.2. The van der Waals surface area contributed by atoms with E-state index in [0.29, 0.717) is 19.0 Å². The second kappa shape index (κ2) is 7.45. The SMILES string of the molecule is O=C(NCCC1CCNC1)C1CC(=O)N(c2ccccc2Br)C1. The van der Waals surface area contributed by atoms with Crippen LogP contribution in [-0.2, 0) is 9.59 Å². The van der Waals surface area contributed by atoms with E-state index in [2.05, 4.69) is 26.6 Å². The zero-order valence-corrected chi connectivity index (χ0v) is 14.6. The van der Waals surface area contributed by atoms with E-state index in [1.54, 1.807) is 4.90 Å². The lowest BCUT2D eigenvalue weighted by molar-refractivity contribution is -0.126. The maximum Gasteiger partial charge on any atom is 0.227 e. The molecular weight excluding hydrogens is 358 g/mol. The Morgan fingerprint density at radius 3 is 2.96 bits per heavy atom. The van der Waals surface area contributed by atoms with Crippen LogP contribution in [-0.4, -0.2) is 38.0 Å². The third-order valence-corrected chi connectivity index (χ3v) is 5.32. The number of halogens is 1. The topological polar surface area (TPSA) is 61.4 Å². The highest BCUT2D eigenvalue weighted by molar-refractivity contribution is 9.10. The van der Waals surface area contributed by atoms with E-state index in [9.17, 15) is 9.59 Å². The van der Waals surface area contributed by atoms with Crippen molar-refractivity contribution in [2.24, 2.45) is 11.8 Å². The van der Waals surface area contributed by atoms with Crippen LogP contribution in [0, 0.1) is 11.8 Å². The number of hydrogen-bond donors (Lipinski definition) is 2. The Hall–Kier alpha value is -1.40. The third kappa shape index (κ3) is 3.93. The Kier molecular flexibility index (Phi) is 5.33. The van der Waals surface area contributed by atoms with E-state index >= 15 is 0 Å². The number of rotatable bonds is 5. The van der Waals surface area contributed by atoms with Crippen molar-refractivity contribution in [2.45, 2.75) is 19.3 Å². The molecule has 2 saturated heterocycles. The minimum Gasteiger partial charge on any atom is -0.356 e. The summed E-state index contributed by atoms with van der Waals surface area (Å²) in [5, 5.41) is 6.33. The van der Waals surface area contributed by atoms with Gasteiger partial charge >= 0.3 is 0 Å². The third-order valence-electron chi connectivity index (χ3n) is 4.65. The number of anilines is 1. The highest BCUT2D eigenvalue weighted by atomic mass is 79.9.